The summed E-state index contributed by atoms with van der Waals surface area (Å²) in [4.78, 5) is 11.9. The lowest BCUT2D eigenvalue weighted by Gasteiger charge is -2.09. The van der Waals surface area contributed by atoms with Gasteiger partial charge in [-0.05, 0) is 28.5 Å². The number of hydrogen-bond acceptors (Lipinski definition) is 3. The maximum Gasteiger partial charge on any atom is 0.341 e. The molecule has 20 heavy (non-hydrogen) atoms. The van der Waals surface area contributed by atoms with Gasteiger partial charge in [-0.2, -0.15) is 0 Å². The van der Waals surface area contributed by atoms with E-state index < -0.39 is 5.97 Å². The Hall–Kier alpha value is -2.73. The van der Waals surface area contributed by atoms with Crippen molar-refractivity contribution in [1.82, 2.24) is 0 Å². The molecule has 3 heteroatoms. The predicted octanol–water partition coefficient (Wildman–Crippen LogP) is 2.98. The van der Waals surface area contributed by atoms with Crippen molar-refractivity contribution in [3.63, 3.8) is 0 Å². The second kappa shape index (κ2) is 5.94. The number of carbonyl (C=O) groups is 1. The highest BCUT2D eigenvalue weighted by Crippen LogP contribution is 2.27. The SMILES string of the molecule is C#Cc1ccc2cccc(C(=COC)C(=O)OC)c2c1. The molecule has 2 rings (SSSR count). The van der Waals surface area contributed by atoms with Crippen LogP contribution in [0.15, 0.2) is 42.7 Å². The molecular formula is C17H14O3. The van der Waals surface area contributed by atoms with E-state index in [0.717, 1.165) is 21.9 Å². The average Bonchev–Trinajstić information content (AvgIpc) is 2.51. The summed E-state index contributed by atoms with van der Waals surface area (Å²) in [5.41, 5.74) is 1.84. The van der Waals surface area contributed by atoms with E-state index in [1.54, 1.807) is 0 Å². The van der Waals surface area contributed by atoms with Gasteiger partial charge in [0.05, 0.1) is 20.5 Å². The minimum atomic E-state index is -0.453. The molecule has 2 aromatic rings. The van der Waals surface area contributed by atoms with Crippen LogP contribution in [0.25, 0.3) is 16.3 Å². The molecule has 0 aliphatic heterocycles. The Morgan fingerprint density at radius 3 is 2.70 bits per heavy atom. The second-order valence-electron chi connectivity index (χ2n) is 4.14. The van der Waals surface area contributed by atoms with Crippen molar-refractivity contribution >= 4 is 22.3 Å². The third-order valence-electron chi connectivity index (χ3n) is 2.98. The quantitative estimate of drug-likeness (QED) is 0.371. The Kier molecular flexibility index (Phi) is 4.07. The van der Waals surface area contributed by atoms with Gasteiger partial charge in [-0.1, -0.05) is 30.2 Å². The van der Waals surface area contributed by atoms with Gasteiger partial charge in [0, 0.05) is 5.56 Å². The van der Waals surface area contributed by atoms with Gasteiger partial charge in [-0.25, -0.2) is 4.79 Å². The van der Waals surface area contributed by atoms with Crippen LogP contribution in [0.3, 0.4) is 0 Å². The lowest BCUT2D eigenvalue weighted by atomic mass is 9.97. The Morgan fingerprint density at radius 1 is 1.25 bits per heavy atom. The molecule has 3 nitrogen and oxygen atoms in total. The molecule has 0 radical (unpaired) electrons. The zero-order valence-corrected chi connectivity index (χ0v) is 11.3. The number of fused-ring (bicyclic) bond motifs is 1. The summed E-state index contributed by atoms with van der Waals surface area (Å²) in [6.45, 7) is 0. The van der Waals surface area contributed by atoms with E-state index in [1.165, 1.54) is 20.5 Å². The first-order valence-electron chi connectivity index (χ1n) is 6.02. The van der Waals surface area contributed by atoms with Crippen LogP contribution in [-0.2, 0) is 14.3 Å². The molecule has 0 amide bonds. The van der Waals surface area contributed by atoms with Crippen LogP contribution >= 0.6 is 0 Å². The van der Waals surface area contributed by atoms with Gasteiger partial charge in [0.15, 0.2) is 0 Å². The number of methoxy groups -OCH3 is 2. The minimum Gasteiger partial charge on any atom is -0.503 e. The first kappa shape index (κ1) is 13.7. The molecule has 0 aliphatic carbocycles. The molecule has 0 saturated carbocycles. The molecule has 0 atom stereocenters. The molecule has 2 aromatic carbocycles. The Morgan fingerprint density at radius 2 is 2.05 bits per heavy atom. The van der Waals surface area contributed by atoms with Crippen molar-refractivity contribution in [3.05, 3.63) is 53.8 Å². The van der Waals surface area contributed by atoms with E-state index in [2.05, 4.69) is 5.92 Å². The molecule has 0 spiro atoms. The molecule has 0 N–H and O–H groups in total. The lowest BCUT2D eigenvalue weighted by molar-refractivity contribution is -0.133. The van der Waals surface area contributed by atoms with Gasteiger partial charge in [-0.3, -0.25) is 0 Å². The fourth-order valence-electron chi connectivity index (χ4n) is 2.05. The van der Waals surface area contributed by atoms with E-state index in [0.29, 0.717) is 5.57 Å². The summed E-state index contributed by atoms with van der Waals surface area (Å²) in [5.74, 6) is 2.14. The van der Waals surface area contributed by atoms with Crippen LogP contribution in [0.2, 0.25) is 0 Å². The van der Waals surface area contributed by atoms with Gasteiger partial charge < -0.3 is 9.47 Å². The highest BCUT2D eigenvalue weighted by molar-refractivity contribution is 6.19. The van der Waals surface area contributed by atoms with Crippen molar-refractivity contribution in [1.29, 1.82) is 0 Å². The lowest BCUT2D eigenvalue weighted by Crippen LogP contribution is -2.05. The van der Waals surface area contributed by atoms with Gasteiger partial charge in [0.2, 0.25) is 0 Å². The van der Waals surface area contributed by atoms with Gasteiger partial charge in [0.1, 0.15) is 5.57 Å². The molecule has 0 bridgehead atoms. The smallest absolute Gasteiger partial charge is 0.341 e. The monoisotopic (exact) mass is 266 g/mol. The fraction of sp³-hybridized carbons (Fsp3) is 0.118. The van der Waals surface area contributed by atoms with E-state index >= 15 is 0 Å². The number of ether oxygens (including phenoxy) is 2. The average molecular weight is 266 g/mol. The number of esters is 1. The number of carbonyl (C=O) groups excluding carboxylic acids is 1. The third kappa shape index (κ3) is 2.50. The van der Waals surface area contributed by atoms with Gasteiger partial charge in [-0.15, -0.1) is 6.42 Å². The normalized spacial score (nSPS) is 10.9. The van der Waals surface area contributed by atoms with Crippen LogP contribution in [0.5, 0.6) is 0 Å². The van der Waals surface area contributed by atoms with Gasteiger partial charge >= 0.3 is 5.97 Å². The van der Waals surface area contributed by atoms with Crippen LogP contribution in [0.4, 0.5) is 0 Å². The standard InChI is InChI=1S/C17H14O3/c1-4-12-8-9-13-6-5-7-14(15(13)10-12)16(11-19-2)17(18)20-3/h1,5-11H,2-3H3. The largest absolute Gasteiger partial charge is 0.503 e. The Balaban J connectivity index is 2.72. The molecule has 0 aliphatic rings. The van der Waals surface area contributed by atoms with Crippen molar-refractivity contribution < 1.29 is 14.3 Å². The van der Waals surface area contributed by atoms with Crippen LogP contribution in [0.1, 0.15) is 11.1 Å². The van der Waals surface area contributed by atoms with E-state index in [4.69, 9.17) is 15.9 Å². The highest BCUT2D eigenvalue weighted by atomic mass is 16.5. The number of rotatable bonds is 3. The van der Waals surface area contributed by atoms with Crippen molar-refractivity contribution in [2.45, 2.75) is 0 Å². The maximum absolute atomic E-state index is 11.9. The van der Waals surface area contributed by atoms with Crippen molar-refractivity contribution in [2.75, 3.05) is 14.2 Å². The summed E-state index contributed by atoms with van der Waals surface area (Å²) < 4.78 is 9.78. The Labute approximate surface area is 117 Å². The molecule has 0 fully saturated rings. The highest BCUT2D eigenvalue weighted by Gasteiger charge is 2.15. The summed E-state index contributed by atoms with van der Waals surface area (Å²) >= 11 is 0. The zero-order chi connectivity index (χ0) is 14.5. The maximum atomic E-state index is 11.9. The topological polar surface area (TPSA) is 35.5 Å². The molecule has 0 aromatic heterocycles. The summed E-state index contributed by atoms with van der Waals surface area (Å²) in [6, 6.07) is 11.3. The first-order chi connectivity index (χ1) is 9.71. The summed E-state index contributed by atoms with van der Waals surface area (Å²) in [7, 11) is 2.82. The number of terminal acetylenes is 1. The second-order valence-corrected chi connectivity index (χ2v) is 4.14. The molecular weight excluding hydrogens is 252 g/mol. The fourth-order valence-corrected chi connectivity index (χ4v) is 2.05. The minimum absolute atomic E-state index is 0.356. The van der Waals surface area contributed by atoms with E-state index in [-0.39, 0.29) is 0 Å². The van der Waals surface area contributed by atoms with Crippen LogP contribution < -0.4 is 0 Å². The first-order valence-corrected chi connectivity index (χ1v) is 6.02. The molecule has 0 saturated heterocycles. The molecule has 0 unspecified atom stereocenters. The molecule has 100 valence electrons. The van der Waals surface area contributed by atoms with Crippen molar-refractivity contribution in [2.24, 2.45) is 0 Å². The van der Waals surface area contributed by atoms with Crippen molar-refractivity contribution in [3.8, 4) is 12.3 Å². The summed E-state index contributed by atoms with van der Waals surface area (Å²) in [5, 5.41) is 1.88. The zero-order valence-electron chi connectivity index (χ0n) is 11.3. The predicted molar refractivity (Wildman–Crippen MR) is 78.9 cm³/mol. The van der Waals surface area contributed by atoms with Crippen LogP contribution in [-0.4, -0.2) is 20.2 Å². The van der Waals surface area contributed by atoms with Crippen LogP contribution in [0, 0.1) is 12.3 Å². The number of hydrogen-bond donors (Lipinski definition) is 0. The Bertz CT molecular complexity index is 721. The summed E-state index contributed by atoms with van der Waals surface area (Å²) in [6.07, 6.45) is 6.81. The van der Waals surface area contributed by atoms with Gasteiger partial charge in [0.25, 0.3) is 0 Å². The number of benzene rings is 2. The van der Waals surface area contributed by atoms with E-state index in [9.17, 15) is 4.79 Å². The van der Waals surface area contributed by atoms with E-state index in [1.807, 2.05) is 36.4 Å². The molecule has 0 heterocycles. The third-order valence-corrected chi connectivity index (χ3v) is 2.98.